The van der Waals surface area contributed by atoms with Crippen molar-refractivity contribution < 1.29 is 13.9 Å². The van der Waals surface area contributed by atoms with E-state index in [1.165, 1.54) is 34.2 Å². The van der Waals surface area contributed by atoms with Crippen LogP contribution in [-0.4, -0.2) is 38.2 Å². The fraction of sp³-hybridized carbons (Fsp3) is 0.350. The molecule has 3 rings (SSSR count). The lowest BCUT2D eigenvalue weighted by Gasteiger charge is -2.24. The second kappa shape index (κ2) is 8.54. The van der Waals surface area contributed by atoms with Gasteiger partial charge in [-0.15, -0.1) is 11.3 Å². The average molecular weight is 435 g/mol. The van der Waals surface area contributed by atoms with Crippen molar-refractivity contribution in [2.75, 3.05) is 7.05 Å². The van der Waals surface area contributed by atoms with Crippen molar-refractivity contribution in [1.29, 1.82) is 0 Å². The molecule has 0 spiro atoms. The number of ether oxygens (including phenoxy) is 1. The van der Waals surface area contributed by atoms with E-state index < -0.39 is 17.6 Å². The minimum Gasteiger partial charge on any atom is -0.444 e. The van der Waals surface area contributed by atoms with Gasteiger partial charge in [0.25, 0.3) is 0 Å². The second-order valence-corrected chi connectivity index (χ2v) is 9.89. The maximum Gasteiger partial charge on any atom is 0.410 e. The molecule has 29 heavy (non-hydrogen) atoms. The van der Waals surface area contributed by atoms with Gasteiger partial charge < -0.3 is 14.2 Å². The van der Waals surface area contributed by atoms with Crippen LogP contribution in [0.2, 0.25) is 0 Å². The molecule has 0 radical (unpaired) electrons. The van der Waals surface area contributed by atoms with Gasteiger partial charge in [-0.2, -0.15) is 4.39 Å². The predicted molar refractivity (Wildman–Crippen MR) is 113 cm³/mol. The van der Waals surface area contributed by atoms with Crippen LogP contribution in [0.5, 0.6) is 0 Å². The molecule has 6 nitrogen and oxygen atoms in total. The molecule has 0 atom stereocenters. The highest BCUT2D eigenvalue weighted by molar-refractivity contribution is 8.01. The summed E-state index contributed by atoms with van der Waals surface area (Å²) in [7, 11) is 3.59. The van der Waals surface area contributed by atoms with E-state index in [0.29, 0.717) is 12.1 Å². The van der Waals surface area contributed by atoms with Gasteiger partial charge in [0.2, 0.25) is 5.95 Å². The second-order valence-electron chi connectivity index (χ2n) is 7.51. The van der Waals surface area contributed by atoms with E-state index in [1.807, 2.05) is 44.6 Å². The minimum absolute atomic E-state index is 0.357. The Hall–Kier alpha value is -2.39. The van der Waals surface area contributed by atoms with Gasteiger partial charge in [-0.1, -0.05) is 0 Å². The minimum atomic E-state index is -0.565. The number of carbonyl (C=O) groups excluding carboxylic acids is 1. The van der Waals surface area contributed by atoms with E-state index in [4.69, 9.17) is 4.74 Å². The molecule has 9 heteroatoms. The van der Waals surface area contributed by atoms with Crippen LogP contribution >= 0.6 is 23.1 Å². The molecule has 3 heterocycles. The van der Waals surface area contributed by atoms with Gasteiger partial charge in [-0.25, -0.2) is 14.8 Å². The Morgan fingerprint density at radius 1 is 1.31 bits per heavy atom. The van der Waals surface area contributed by atoms with Crippen molar-refractivity contribution in [3.8, 4) is 11.1 Å². The summed E-state index contributed by atoms with van der Waals surface area (Å²) in [6.45, 7) is 5.84. The molecule has 0 unspecified atom stereocenters. The van der Waals surface area contributed by atoms with Crippen molar-refractivity contribution >= 4 is 29.2 Å². The van der Waals surface area contributed by atoms with Crippen LogP contribution in [-0.2, 0) is 18.3 Å². The summed E-state index contributed by atoms with van der Waals surface area (Å²) in [4.78, 5) is 22.8. The van der Waals surface area contributed by atoms with Crippen LogP contribution in [0.3, 0.4) is 0 Å². The summed E-state index contributed by atoms with van der Waals surface area (Å²) in [5, 5.41) is 0.796. The first kappa shape index (κ1) is 21.3. The van der Waals surface area contributed by atoms with Gasteiger partial charge in [0.15, 0.2) is 5.16 Å². The molecule has 0 aliphatic carbocycles. The molecular formula is C20H23FN4O2S2. The highest BCUT2D eigenvalue weighted by Gasteiger charge is 2.22. The number of rotatable bonds is 5. The number of hydrogen-bond donors (Lipinski definition) is 0. The lowest BCUT2D eigenvalue weighted by Crippen LogP contribution is -2.33. The first-order valence-electron chi connectivity index (χ1n) is 8.97. The van der Waals surface area contributed by atoms with E-state index >= 15 is 0 Å². The number of halogens is 1. The lowest BCUT2D eigenvalue weighted by atomic mass is 10.1. The maximum atomic E-state index is 14.4. The number of nitrogens with zero attached hydrogens (tertiary/aromatic N) is 4. The van der Waals surface area contributed by atoms with Gasteiger partial charge in [0.1, 0.15) is 5.60 Å². The number of amides is 1. The first-order chi connectivity index (χ1) is 13.6. The Bertz CT molecular complexity index is 1010. The normalized spacial score (nSPS) is 11.5. The molecule has 0 saturated heterocycles. The van der Waals surface area contributed by atoms with E-state index in [-0.39, 0.29) is 0 Å². The fourth-order valence-corrected chi connectivity index (χ4v) is 4.95. The lowest BCUT2D eigenvalue weighted by molar-refractivity contribution is 0.0287. The first-order valence-corrected chi connectivity index (χ1v) is 10.6. The smallest absolute Gasteiger partial charge is 0.410 e. The topological polar surface area (TPSA) is 60.2 Å². The van der Waals surface area contributed by atoms with Gasteiger partial charge in [-0.3, -0.25) is 0 Å². The Balaban J connectivity index is 1.91. The molecule has 0 saturated carbocycles. The zero-order chi connectivity index (χ0) is 21.2. The van der Waals surface area contributed by atoms with Crippen LogP contribution < -0.4 is 0 Å². The largest absolute Gasteiger partial charge is 0.444 e. The zero-order valence-corrected chi connectivity index (χ0v) is 18.6. The summed E-state index contributed by atoms with van der Waals surface area (Å²) in [6, 6.07) is 5.31. The summed E-state index contributed by atoms with van der Waals surface area (Å²) in [5.74, 6) is -0.529. The number of imidazole rings is 1. The van der Waals surface area contributed by atoms with Crippen LogP contribution in [0.15, 0.2) is 46.2 Å². The zero-order valence-electron chi connectivity index (χ0n) is 17.0. The van der Waals surface area contributed by atoms with Crippen LogP contribution in [0.25, 0.3) is 11.1 Å². The number of carbonyl (C=O) groups is 1. The summed E-state index contributed by atoms with van der Waals surface area (Å²) in [6.07, 6.45) is 4.60. The van der Waals surface area contributed by atoms with Crippen LogP contribution in [0.1, 0.15) is 25.6 Å². The van der Waals surface area contributed by atoms with Crippen molar-refractivity contribution in [1.82, 2.24) is 19.4 Å². The Labute approximate surface area is 177 Å². The molecule has 0 fully saturated rings. The number of thiophene rings is 1. The number of aromatic nitrogens is 3. The van der Waals surface area contributed by atoms with E-state index in [2.05, 4.69) is 9.97 Å². The van der Waals surface area contributed by atoms with E-state index in [1.54, 1.807) is 25.4 Å². The molecule has 0 bridgehead atoms. The average Bonchev–Trinajstić information content (AvgIpc) is 3.20. The van der Waals surface area contributed by atoms with Gasteiger partial charge in [-0.05, 0) is 50.7 Å². The standard InChI is InChI=1S/C20H23FN4O2S2/c1-20(2,3)27-19(26)25(5)12-13-11-15(14-7-6-8-22-16(14)21)17(28-13)29-18-23-9-10-24(18)4/h6-11H,12H2,1-5H3. The van der Waals surface area contributed by atoms with Crippen molar-refractivity contribution in [3.63, 3.8) is 0 Å². The molecule has 0 aliphatic rings. The summed E-state index contributed by atoms with van der Waals surface area (Å²) < 4.78 is 22.6. The van der Waals surface area contributed by atoms with Gasteiger partial charge in [0, 0.05) is 48.7 Å². The van der Waals surface area contributed by atoms with Gasteiger partial charge >= 0.3 is 6.09 Å². The van der Waals surface area contributed by atoms with Crippen molar-refractivity contribution in [2.45, 2.75) is 42.3 Å². The molecule has 154 valence electrons. The van der Waals surface area contributed by atoms with Crippen molar-refractivity contribution in [3.05, 3.63) is 47.6 Å². The van der Waals surface area contributed by atoms with Crippen LogP contribution in [0, 0.1) is 5.95 Å². The van der Waals surface area contributed by atoms with E-state index in [0.717, 1.165) is 19.8 Å². The molecular weight excluding hydrogens is 411 g/mol. The third kappa shape index (κ3) is 5.36. The Morgan fingerprint density at radius 3 is 2.69 bits per heavy atom. The molecule has 0 N–H and O–H groups in total. The highest BCUT2D eigenvalue weighted by Crippen LogP contribution is 2.42. The molecule has 0 aromatic carbocycles. The van der Waals surface area contributed by atoms with Crippen molar-refractivity contribution in [2.24, 2.45) is 7.05 Å². The van der Waals surface area contributed by atoms with Gasteiger partial charge in [0.05, 0.1) is 10.8 Å². The summed E-state index contributed by atoms with van der Waals surface area (Å²) >= 11 is 2.96. The fourth-order valence-electron chi connectivity index (χ4n) is 2.52. The predicted octanol–water partition coefficient (Wildman–Crippen LogP) is 5.20. The molecule has 1 amide bonds. The number of aryl methyl sites for hydroxylation is 1. The SMILES string of the molecule is CN(Cc1cc(-c2cccnc2F)c(Sc2nccn2C)s1)C(=O)OC(C)(C)C. The van der Waals surface area contributed by atoms with Crippen LogP contribution in [0.4, 0.5) is 9.18 Å². The Morgan fingerprint density at radius 2 is 2.07 bits per heavy atom. The third-order valence-electron chi connectivity index (χ3n) is 3.86. The molecule has 3 aromatic heterocycles. The highest BCUT2D eigenvalue weighted by atomic mass is 32.2. The third-order valence-corrected chi connectivity index (χ3v) is 6.25. The van der Waals surface area contributed by atoms with E-state index in [9.17, 15) is 9.18 Å². The molecule has 0 aliphatic heterocycles. The quantitative estimate of drug-likeness (QED) is 0.517. The summed E-state index contributed by atoms with van der Waals surface area (Å²) in [5.41, 5.74) is 0.595. The number of pyridine rings is 1. The number of hydrogen-bond acceptors (Lipinski definition) is 6. The maximum absolute atomic E-state index is 14.4. The Kier molecular flexibility index (Phi) is 6.28. The monoisotopic (exact) mass is 434 g/mol. The molecule has 3 aromatic rings.